The lowest BCUT2D eigenvalue weighted by Crippen LogP contribution is -2.54. The number of aliphatic carboxylic acids is 5. The summed E-state index contributed by atoms with van der Waals surface area (Å²) in [7, 11) is 6.01. The van der Waals surface area contributed by atoms with Crippen LogP contribution >= 0.6 is 0 Å². The van der Waals surface area contributed by atoms with Gasteiger partial charge in [0.1, 0.15) is 71.4 Å². The van der Waals surface area contributed by atoms with Gasteiger partial charge in [0.05, 0.1) is 0 Å². The van der Waals surface area contributed by atoms with Crippen molar-refractivity contribution in [2.75, 3.05) is 106 Å². The van der Waals surface area contributed by atoms with E-state index in [-0.39, 0.29) is 97.8 Å². The molecule has 132 heavy (non-hydrogen) atoms. The summed E-state index contributed by atoms with van der Waals surface area (Å²) in [5, 5.41) is 56.8. The molecule has 7 amide bonds. The van der Waals surface area contributed by atoms with Crippen LogP contribution in [0.2, 0.25) is 0 Å². The van der Waals surface area contributed by atoms with E-state index in [9.17, 15) is 88.7 Å². The Morgan fingerprint density at radius 2 is 0.629 bits per heavy atom. The van der Waals surface area contributed by atoms with E-state index in [0.29, 0.717) is 106 Å². The van der Waals surface area contributed by atoms with E-state index >= 15 is 0 Å². The number of hydrogen-bond donors (Lipinski definition) is 12. The molecule has 6 aromatic rings. The minimum Gasteiger partial charge on any atom is -0.481 e. The molecule has 6 aromatic carbocycles. The summed E-state index contributed by atoms with van der Waals surface area (Å²) in [4.78, 5) is 162. The number of likely N-dealkylation sites (N-methyl/N-ethyl adjacent to an activating group) is 3. The van der Waals surface area contributed by atoms with Crippen LogP contribution < -0.4 is 38.1 Å². The number of piperazine rings is 3. The van der Waals surface area contributed by atoms with Crippen LogP contribution in [-0.4, -0.2) is 281 Å². The minimum absolute atomic E-state index is 0.00850. The molecule has 5 fully saturated rings. The molecule has 3 heterocycles. The number of rotatable bonds is 37. The van der Waals surface area contributed by atoms with Gasteiger partial charge in [0, 0.05) is 150 Å². The number of nitrogens with two attached hydrogens (primary N) is 2. The number of carbonyl (C=O) groups excluding carboxylic acids is 8. The van der Waals surface area contributed by atoms with Crippen molar-refractivity contribution in [1.29, 1.82) is 0 Å². The molecule has 3 saturated heterocycles. The number of carboxylic acids is 5. The Hall–Kier alpha value is -12.0. The Kier molecular flexibility index (Phi) is 51.8. The third kappa shape index (κ3) is 43.3. The van der Waals surface area contributed by atoms with Crippen molar-refractivity contribution >= 4 is 77.5 Å². The molecule has 2 saturated carbocycles. The minimum atomic E-state index is -1.24. The van der Waals surface area contributed by atoms with Gasteiger partial charge in [-0.2, -0.15) is 0 Å². The van der Waals surface area contributed by atoms with Gasteiger partial charge in [0.25, 0.3) is 23.6 Å². The van der Waals surface area contributed by atoms with Crippen LogP contribution in [0, 0.1) is 34.9 Å². The number of halogens is 6. The van der Waals surface area contributed by atoms with E-state index in [2.05, 4.69) is 41.3 Å². The number of nitrogens with one attached hydrogen (secondary N) is 5. The van der Waals surface area contributed by atoms with Crippen LogP contribution in [0.3, 0.4) is 0 Å². The summed E-state index contributed by atoms with van der Waals surface area (Å²) < 4.78 is 77.5. The SMILES string of the molecule is CC.CC.CN1CCN(C(=O)[C@H](CCCC(=O)O)NC(=O)c2ccc(F)cc2)CC1.CN1CCN(C(=O)[C@H](CCCC=O)NC(=O)c2ccc(F)cc2)CC1.CN1CCN(C(=O)[C@H](CCCCN[C@@H]2C[C@H]2c2ccc(F)cc2)NC(=O)c2ccc(F)cc2)CC1.N[C@@H](CCCC(=O)O)C(=O)O.N[C@@H]1C[C@H]1c1ccc(F)cc1.O=C(O)CCC[C@H](NC(=O)c1ccc(F)cc1)C(=O)O. The number of carbonyl (C=O) groups is 13. The molecular formula is C95H129F6N13O18. The fraction of sp³-hybridized carbons (Fsp3) is 0.484. The first-order chi connectivity index (χ1) is 63.0. The number of carboxylic acid groups (broad SMARTS) is 5. The highest BCUT2D eigenvalue weighted by Gasteiger charge is 2.39. The van der Waals surface area contributed by atoms with Crippen LogP contribution in [0.25, 0.3) is 0 Å². The molecule has 31 nitrogen and oxygen atoms in total. The molecule has 5 aliphatic rings. The van der Waals surface area contributed by atoms with Crippen molar-refractivity contribution in [3.8, 4) is 0 Å². The zero-order valence-corrected chi connectivity index (χ0v) is 76.0. The number of unbranched alkanes of at least 4 members (excludes halogenated alkanes) is 2. The van der Waals surface area contributed by atoms with Gasteiger partial charge in [-0.1, -0.05) is 52.0 Å². The molecule has 37 heteroatoms. The van der Waals surface area contributed by atoms with E-state index in [1.54, 1.807) is 9.80 Å². The van der Waals surface area contributed by atoms with Crippen LogP contribution in [0.1, 0.15) is 201 Å². The fourth-order valence-electron chi connectivity index (χ4n) is 13.6. The number of benzene rings is 6. The molecule has 0 radical (unpaired) electrons. The molecule has 3 aliphatic heterocycles. The first-order valence-corrected chi connectivity index (χ1v) is 44.5. The smallest absolute Gasteiger partial charge is 0.326 e. The summed E-state index contributed by atoms with van der Waals surface area (Å²) in [5.41, 5.74) is 14.1. The number of aldehydes is 1. The van der Waals surface area contributed by atoms with Gasteiger partial charge in [-0.3, -0.25) is 52.7 Å². The standard InChI is InChI=1S/C27H34F2N4O2.C18H24FN3O4.C18H24FN3O3.C13H14FNO5.C9H10FN.C6H11NO4.2C2H6/c1-32-14-16-33(17-15-32)27(35)24(31-26(34)20-7-11-22(29)12-8-20)4-2-3-13-30-25-18-23(25)19-5-9-21(28)10-6-19;1-21-9-11-22(12-10-21)18(26)15(3-2-4-16(23)24)20-17(25)13-5-7-14(19)8-6-13;1-21-9-11-22(12-10-21)18(25)16(4-2-3-13-23)20-17(24)14-5-7-15(19)8-6-14;14-9-6-4-8(5-7-9)12(18)15-10(13(19)20)2-1-3-11(16)17;10-7-3-1-6(2-4-7)8-5-9(8)11;7-4(6(10)11)2-1-3-5(8)9;2*1-2/h5-12,23-25,30H,2-4,13-18H2,1H3,(H,31,34);5-8,15H,2-4,9-12H2,1H3,(H,20,25)(H,23,24);5-8,13,16H,2-4,9-12H2,1H3,(H,20,24);4-7,10H,1-3H2,(H,15,18)(H,16,17)(H,19,20);1-4,8-9H,5,11H2;4H,1-3,7H2,(H,8,9)(H,10,11);2*1-2H3/t23-,24-,25+;15-;16-;10-;8-,9+;4-;;/m000000../s1. The molecule has 2 aliphatic carbocycles. The van der Waals surface area contributed by atoms with E-state index < -0.39 is 101 Å². The zero-order chi connectivity index (χ0) is 97.9. The predicted molar refractivity (Wildman–Crippen MR) is 484 cm³/mol. The Morgan fingerprint density at radius 3 is 0.909 bits per heavy atom. The van der Waals surface area contributed by atoms with Crippen molar-refractivity contribution < 1.29 is 114 Å². The van der Waals surface area contributed by atoms with Gasteiger partial charge >= 0.3 is 29.8 Å². The molecule has 0 unspecified atom stereocenters. The second kappa shape index (κ2) is 60.8. The van der Waals surface area contributed by atoms with Crippen molar-refractivity contribution in [1.82, 2.24) is 56.0 Å². The van der Waals surface area contributed by atoms with E-state index in [1.807, 2.05) is 78.0 Å². The van der Waals surface area contributed by atoms with E-state index in [0.717, 1.165) is 95.5 Å². The van der Waals surface area contributed by atoms with Crippen LogP contribution in [0.5, 0.6) is 0 Å². The average molecular weight is 1860 g/mol. The molecule has 0 aromatic heterocycles. The third-order valence-corrected chi connectivity index (χ3v) is 21.6. The van der Waals surface area contributed by atoms with E-state index in [4.69, 9.17) is 37.0 Å². The second-order valence-corrected chi connectivity index (χ2v) is 31.8. The summed E-state index contributed by atoms with van der Waals surface area (Å²) >= 11 is 0. The highest BCUT2D eigenvalue weighted by Crippen LogP contribution is 2.41. The summed E-state index contributed by atoms with van der Waals surface area (Å²) in [6.07, 6.45) is 7.30. The third-order valence-electron chi connectivity index (χ3n) is 21.6. The Bertz CT molecular complexity index is 4550. The van der Waals surface area contributed by atoms with Crippen LogP contribution in [0.15, 0.2) is 146 Å². The fourth-order valence-corrected chi connectivity index (χ4v) is 13.6. The highest BCUT2D eigenvalue weighted by atomic mass is 19.1. The quantitative estimate of drug-likeness (QED) is 0.00980. The van der Waals surface area contributed by atoms with Crippen molar-refractivity contribution in [2.45, 2.75) is 191 Å². The van der Waals surface area contributed by atoms with Gasteiger partial charge in [-0.05, 0) is 244 Å². The molecule has 0 bridgehead atoms. The van der Waals surface area contributed by atoms with Gasteiger partial charge in [-0.15, -0.1) is 0 Å². The summed E-state index contributed by atoms with van der Waals surface area (Å²) in [6, 6.07) is 30.0. The Balaban J connectivity index is 0.000000342. The highest BCUT2D eigenvalue weighted by molar-refractivity contribution is 6.00. The van der Waals surface area contributed by atoms with Crippen molar-refractivity contribution in [2.24, 2.45) is 11.5 Å². The molecule has 0 spiro atoms. The zero-order valence-electron chi connectivity index (χ0n) is 76.0. The molecule has 724 valence electrons. The number of amides is 7. The van der Waals surface area contributed by atoms with Crippen molar-refractivity contribution in [3.05, 3.63) is 214 Å². The molecule has 11 rings (SSSR count). The van der Waals surface area contributed by atoms with Gasteiger partial charge in [0.2, 0.25) is 17.7 Å². The Labute approximate surface area is 766 Å². The molecule has 14 N–H and O–H groups in total. The predicted octanol–water partition coefficient (Wildman–Crippen LogP) is 9.78. The topological polar surface area (TPSA) is 455 Å². The van der Waals surface area contributed by atoms with Crippen LogP contribution in [0.4, 0.5) is 26.3 Å². The lowest BCUT2D eigenvalue weighted by molar-refractivity contribution is -0.140. The maximum absolute atomic E-state index is 13.2. The Morgan fingerprint density at radius 1 is 0.364 bits per heavy atom. The monoisotopic (exact) mass is 1850 g/mol. The lowest BCUT2D eigenvalue weighted by atomic mass is 10.1. The summed E-state index contributed by atoms with van der Waals surface area (Å²) in [6.45, 7) is 17.2. The van der Waals surface area contributed by atoms with Gasteiger partial charge in [0.15, 0.2) is 0 Å². The summed E-state index contributed by atoms with van der Waals surface area (Å²) in [5.74, 6) is -8.80. The first-order valence-electron chi connectivity index (χ1n) is 44.5. The molecular weight excluding hydrogens is 1730 g/mol. The lowest BCUT2D eigenvalue weighted by Gasteiger charge is -2.34. The normalized spacial score (nSPS) is 17.1. The first kappa shape index (κ1) is 112. The maximum Gasteiger partial charge on any atom is 0.326 e. The van der Waals surface area contributed by atoms with E-state index in [1.165, 1.54) is 115 Å². The van der Waals surface area contributed by atoms with Crippen LogP contribution in [-0.2, 0) is 43.2 Å². The number of nitrogens with zero attached hydrogens (tertiary/aromatic N) is 6. The molecule has 9 atom stereocenters. The number of hydrogen-bond acceptors (Lipinski definition) is 19. The van der Waals surface area contributed by atoms with Crippen molar-refractivity contribution in [3.63, 3.8) is 0 Å². The second-order valence-electron chi connectivity index (χ2n) is 31.8. The largest absolute Gasteiger partial charge is 0.481 e. The van der Waals surface area contributed by atoms with Gasteiger partial charge in [-0.25, -0.2) is 31.1 Å². The maximum atomic E-state index is 13.2. The average Bonchev–Trinajstić information content (AvgIpc) is 1.65. The van der Waals surface area contributed by atoms with Gasteiger partial charge < -0.3 is 97.8 Å².